The predicted molar refractivity (Wildman–Crippen MR) is 49.1 cm³/mol. The molecule has 0 bridgehead atoms. The molecule has 2 rings (SSSR count). The van der Waals surface area contributed by atoms with E-state index in [4.69, 9.17) is 9.47 Å². The normalized spacial score (nSPS) is 14.7. The molecule has 1 aliphatic heterocycles. The fourth-order valence-corrected chi connectivity index (χ4v) is 1.30. The minimum absolute atomic E-state index is 0.217. The second-order valence-electron chi connectivity index (χ2n) is 2.90. The molecule has 0 radical (unpaired) electrons. The topological polar surface area (TPSA) is 38.7 Å². The summed E-state index contributed by atoms with van der Waals surface area (Å²) in [6, 6.07) is 4.86. The van der Waals surface area contributed by atoms with Gasteiger partial charge in [0.1, 0.15) is 18.1 Å². The van der Waals surface area contributed by atoms with Crippen molar-refractivity contribution in [1.29, 1.82) is 0 Å². The van der Waals surface area contributed by atoms with Crippen LogP contribution in [-0.2, 0) is 0 Å². The maximum absolute atomic E-state index is 13.0. The fraction of sp³-hybridized carbons (Fsp3) is 0.200. The Bertz CT molecular complexity index is 398. The lowest BCUT2D eigenvalue weighted by Crippen LogP contribution is -2.08. The number of ether oxygens (including phenoxy) is 2. The molecule has 1 aliphatic rings. The largest absolute Gasteiger partial charge is 0.504 e. The highest BCUT2D eigenvalue weighted by atomic mass is 19.1. The summed E-state index contributed by atoms with van der Waals surface area (Å²) in [6.45, 7) is -0.217. The summed E-state index contributed by atoms with van der Waals surface area (Å²) in [6.07, 6.45) is 0. The Labute approximate surface area is 80.4 Å². The maximum Gasteiger partial charge on any atom is 0.180 e. The molecule has 0 unspecified atom stereocenters. The Morgan fingerprint density at radius 1 is 1.50 bits per heavy atom. The summed E-state index contributed by atoms with van der Waals surface area (Å²) in [5.74, 6) is -0.0193. The SMILES string of the molecule is COc1ccc2c(c1)C(O)=C(F)CO2. The van der Waals surface area contributed by atoms with Gasteiger partial charge in [0.25, 0.3) is 0 Å². The van der Waals surface area contributed by atoms with Gasteiger partial charge in [0.15, 0.2) is 11.6 Å². The Balaban J connectivity index is 2.54. The van der Waals surface area contributed by atoms with E-state index in [1.165, 1.54) is 13.2 Å². The fourth-order valence-electron chi connectivity index (χ4n) is 1.30. The summed E-state index contributed by atoms with van der Waals surface area (Å²) >= 11 is 0. The third kappa shape index (κ3) is 1.28. The second kappa shape index (κ2) is 3.21. The van der Waals surface area contributed by atoms with E-state index in [0.29, 0.717) is 17.1 Å². The lowest BCUT2D eigenvalue weighted by molar-refractivity contribution is 0.295. The molecule has 0 aromatic heterocycles. The minimum Gasteiger partial charge on any atom is -0.504 e. The summed E-state index contributed by atoms with van der Waals surface area (Å²) < 4.78 is 23.0. The number of hydrogen-bond donors (Lipinski definition) is 1. The minimum atomic E-state index is -0.661. The molecule has 3 nitrogen and oxygen atoms in total. The molecule has 0 fully saturated rings. The molecule has 14 heavy (non-hydrogen) atoms. The predicted octanol–water partition coefficient (Wildman–Crippen LogP) is 2.28. The third-order valence-corrected chi connectivity index (χ3v) is 2.05. The van der Waals surface area contributed by atoms with Crippen molar-refractivity contribution < 1.29 is 19.0 Å². The van der Waals surface area contributed by atoms with Crippen molar-refractivity contribution >= 4 is 5.76 Å². The zero-order chi connectivity index (χ0) is 10.1. The third-order valence-electron chi connectivity index (χ3n) is 2.05. The van der Waals surface area contributed by atoms with Crippen LogP contribution in [0.4, 0.5) is 4.39 Å². The lowest BCUT2D eigenvalue weighted by atomic mass is 10.1. The van der Waals surface area contributed by atoms with Crippen LogP contribution in [0.15, 0.2) is 24.0 Å². The van der Waals surface area contributed by atoms with Crippen LogP contribution in [-0.4, -0.2) is 18.8 Å². The van der Waals surface area contributed by atoms with Gasteiger partial charge in [-0.3, -0.25) is 0 Å². The Hall–Kier alpha value is -1.71. The number of benzene rings is 1. The zero-order valence-electron chi connectivity index (χ0n) is 7.58. The highest BCUT2D eigenvalue weighted by Crippen LogP contribution is 2.34. The van der Waals surface area contributed by atoms with Crippen LogP contribution in [0, 0.1) is 0 Å². The molecule has 74 valence electrons. The van der Waals surface area contributed by atoms with E-state index in [9.17, 15) is 9.50 Å². The van der Waals surface area contributed by atoms with Gasteiger partial charge in [-0.25, -0.2) is 4.39 Å². The van der Waals surface area contributed by atoms with Crippen molar-refractivity contribution in [3.8, 4) is 11.5 Å². The molecular formula is C10H9FO3. The van der Waals surface area contributed by atoms with Crippen LogP contribution < -0.4 is 9.47 Å². The Kier molecular flexibility index (Phi) is 2.04. The van der Waals surface area contributed by atoms with Crippen LogP contribution in [0.25, 0.3) is 5.76 Å². The first-order chi connectivity index (χ1) is 6.72. The Morgan fingerprint density at radius 2 is 2.29 bits per heavy atom. The van der Waals surface area contributed by atoms with Crippen molar-refractivity contribution in [1.82, 2.24) is 0 Å². The number of halogens is 1. The number of hydrogen-bond acceptors (Lipinski definition) is 3. The van der Waals surface area contributed by atoms with Gasteiger partial charge in [-0.05, 0) is 18.2 Å². The first-order valence-electron chi connectivity index (χ1n) is 4.11. The zero-order valence-corrected chi connectivity index (χ0v) is 7.58. The number of rotatable bonds is 1. The summed E-state index contributed by atoms with van der Waals surface area (Å²) in [7, 11) is 1.50. The molecule has 0 amide bonds. The van der Waals surface area contributed by atoms with Gasteiger partial charge in [0, 0.05) is 0 Å². The summed E-state index contributed by atoms with van der Waals surface area (Å²) in [5.41, 5.74) is 0.327. The summed E-state index contributed by atoms with van der Waals surface area (Å²) in [4.78, 5) is 0. The van der Waals surface area contributed by atoms with Gasteiger partial charge in [0.2, 0.25) is 0 Å². The van der Waals surface area contributed by atoms with E-state index < -0.39 is 5.83 Å². The lowest BCUT2D eigenvalue weighted by Gasteiger charge is -2.17. The molecular weight excluding hydrogens is 187 g/mol. The van der Waals surface area contributed by atoms with Crippen molar-refractivity contribution in [2.75, 3.05) is 13.7 Å². The van der Waals surface area contributed by atoms with Gasteiger partial charge in [-0.1, -0.05) is 0 Å². The molecule has 1 N–H and O–H groups in total. The van der Waals surface area contributed by atoms with Crippen LogP contribution in [0.1, 0.15) is 5.56 Å². The van der Waals surface area contributed by atoms with Gasteiger partial charge in [-0.2, -0.15) is 0 Å². The average molecular weight is 196 g/mol. The van der Waals surface area contributed by atoms with Crippen LogP contribution in [0.5, 0.6) is 11.5 Å². The number of aliphatic hydroxyl groups is 1. The van der Waals surface area contributed by atoms with E-state index in [1.54, 1.807) is 12.1 Å². The van der Waals surface area contributed by atoms with Gasteiger partial charge >= 0.3 is 0 Å². The van der Waals surface area contributed by atoms with E-state index in [-0.39, 0.29) is 12.4 Å². The highest BCUT2D eigenvalue weighted by molar-refractivity contribution is 5.69. The van der Waals surface area contributed by atoms with E-state index in [0.717, 1.165) is 0 Å². The molecule has 1 aromatic rings. The Morgan fingerprint density at radius 3 is 3.00 bits per heavy atom. The smallest absolute Gasteiger partial charge is 0.180 e. The highest BCUT2D eigenvalue weighted by Gasteiger charge is 2.20. The van der Waals surface area contributed by atoms with E-state index >= 15 is 0 Å². The number of methoxy groups -OCH3 is 1. The monoisotopic (exact) mass is 196 g/mol. The number of fused-ring (bicyclic) bond motifs is 1. The van der Waals surface area contributed by atoms with Crippen molar-refractivity contribution in [2.45, 2.75) is 0 Å². The van der Waals surface area contributed by atoms with E-state index in [2.05, 4.69) is 0 Å². The quantitative estimate of drug-likeness (QED) is 0.748. The van der Waals surface area contributed by atoms with Crippen LogP contribution in [0.3, 0.4) is 0 Å². The van der Waals surface area contributed by atoms with Crippen LogP contribution in [0.2, 0.25) is 0 Å². The molecule has 4 heteroatoms. The first-order valence-corrected chi connectivity index (χ1v) is 4.11. The molecule has 0 atom stereocenters. The molecule has 1 aromatic carbocycles. The van der Waals surface area contributed by atoms with Crippen molar-refractivity contribution in [3.63, 3.8) is 0 Å². The standard InChI is InChI=1S/C10H9FO3/c1-13-6-2-3-9-7(4-6)10(12)8(11)5-14-9/h2-4,12H,5H2,1H3. The van der Waals surface area contributed by atoms with E-state index in [1.807, 2.05) is 0 Å². The maximum atomic E-state index is 13.0. The summed E-state index contributed by atoms with van der Waals surface area (Å²) in [5, 5.41) is 9.42. The molecule has 1 heterocycles. The average Bonchev–Trinajstić information content (AvgIpc) is 2.23. The van der Waals surface area contributed by atoms with Gasteiger partial charge in [0.05, 0.1) is 12.7 Å². The first kappa shape index (κ1) is 8.87. The molecule has 0 spiro atoms. The molecule has 0 saturated heterocycles. The molecule has 0 aliphatic carbocycles. The van der Waals surface area contributed by atoms with Gasteiger partial charge < -0.3 is 14.6 Å². The van der Waals surface area contributed by atoms with Crippen molar-refractivity contribution in [3.05, 3.63) is 29.6 Å². The second-order valence-corrected chi connectivity index (χ2v) is 2.90. The molecule has 0 saturated carbocycles. The van der Waals surface area contributed by atoms with Gasteiger partial charge in [-0.15, -0.1) is 0 Å². The van der Waals surface area contributed by atoms with Crippen LogP contribution >= 0.6 is 0 Å². The van der Waals surface area contributed by atoms with Crippen molar-refractivity contribution in [2.24, 2.45) is 0 Å². The number of aliphatic hydroxyl groups excluding tert-OH is 1.